The smallest absolute Gasteiger partial charge is 0.0731 e. The fourth-order valence-corrected chi connectivity index (χ4v) is 2.47. The van der Waals surface area contributed by atoms with Crippen LogP contribution in [0.2, 0.25) is 0 Å². The zero-order valence-corrected chi connectivity index (χ0v) is 9.61. The predicted molar refractivity (Wildman–Crippen MR) is 55.2 cm³/mol. The molecule has 0 spiro atoms. The second-order valence-electron chi connectivity index (χ2n) is 2.79. The molecule has 0 saturated heterocycles. The fourth-order valence-electron chi connectivity index (χ4n) is 1.41. The van der Waals surface area contributed by atoms with Crippen molar-refractivity contribution in [1.82, 2.24) is 0 Å². The van der Waals surface area contributed by atoms with Crippen LogP contribution in [0.25, 0.3) is 0 Å². The number of benzene rings is 1. The summed E-state index contributed by atoms with van der Waals surface area (Å²) >= 11 is 7.06. The molecule has 0 saturated carbocycles. The molecular formula is C9H8Br2O. The molecular weight excluding hydrogens is 284 g/mol. The Morgan fingerprint density at radius 3 is 2.42 bits per heavy atom. The summed E-state index contributed by atoms with van der Waals surface area (Å²) in [5.74, 6) is 0. The maximum absolute atomic E-state index is 5.38. The van der Waals surface area contributed by atoms with Crippen molar-refractivity contribution in [1.29, 1.82) is 0 Å². The third kappa shape index (κ3) is 1.45. The van der Waals surface area contributed by atoms with Crippen LogP contribution in [0.3, 0.4) is 0 Å². The Kier molecular flexibility index (Phi) is 2.53. The summed E-state index contributed by atoms with van der Waals surface area (Å²) in [5, 5.41) is 0. The fraction of sp³-hybridized carbons (Fsp3) is 0.333. The molecule has 0 fully saturated rings. The van der Waals surface area contributed by atoms with Gasteiger partial charge in [0.05, 0.1) is 13.2 Å². The van der Waals surface area contributed by atoms with Crippen LogP contribution in [0.4, 0.5) is 0 Å². The van der Waals surface area contributed by atoms with Gasteiger partial charge in [0.15, 0.2) is 0 Å². The van der Waals surface area contributed by atoms with Gasteiger partial charge in [0.25, 0.3) is 0 Å². The van der Waals surface area contributed by atoms with E-state index in [0.29, 0.717) is 0 Å². The third-order valence-corrected chi connectivity index (χ3v) is 3.55. The van der Waals surface area contributed by atoms with Crippen LogP contribution in [0.1, 0.15) is 11.1 Å². The van der Waals surface area contributed by atoms with E-state index in [2.05, 4.69) is 44.0 Å². The average molecular weight is 292 g/mol. The van der Waals surface area contributed by atoms with Crippen molar-refractivity contribution >= 4 is 31.9 Å². The van der Waals surface area contributed by atoms with E-state index in [-0.39, 0.29) is 0 Å². The van der Waals surface area contributed by atoms with Gasteiger partial charge in [-0.2, -0.15) is 0 Å². The molecule has 0 amide bonds. The molecule has 0 aromatic heterocycles. The van der Waals surface area contributed by atoms with Crippen molar-refractivity contribution in [3.63, 3.8) is 0 Å². The Hall–Kier alpha value is 0.140. The molecule has 0 N–H and O–H groups in total. The zero-order chi connectivity index (χ0) is 8.55. The van der Waals surface area contributed by atoms with Gasteiger partial charge < -0.3 is 4.74 Å². The third-order valence-electron chi connectivity index (χ3n) is 2.06. The summed E-state index contributed by atoms with van der Waals surface area (Å²) in [6.07, 6.45) is 1.01. The van der Waals surface area contributed by atoms with E-state index in [9.17, 15) is 0 Å². The maximum atomic E-state index is 5.38. The van der Waals surface area contributed by atoms with Gasteiger partial charge in [0.2, 0.25) is 0 Å². The topological polar surface area (TPSA) is 9.23 Å². The highest BCUT2D eigenvalue weighted by Crippen LogP contribution is 2.30. The van der Waals surface area contributed by atoms with Crippen LogP contribution in [0, 0.1) is 0 Å². The maximum Gasteiger partial charge on any atom is 0.0731 e. The van der Waals surface area contributed by atoms with Crippen LogP contribution >= 0.6 is 31.9 Å². The lowest BCUT2D eigenvalue weighted by atomic mass is 10.0. The molecule has 12 heavy (non-hydrogen) atoms. The summed E-state index contributed by atoms with van der Waals surface area (Å²) in [5.41, 5.74) is 2.67. The minimum Gasteiger partial charge on any atom is -0.376 e. The van der Waals surface area contributed by atoms with E-state index >= 15 is 0 Å². The molecule has 0 aliphatic carbocycles. The minimum absolute atomic E-state index is 0.732. The first-order valence-electron chi connectivity index (χ1n) is 3.82. The lowest BCUT2D eigenvalue weighted by Gasteiger charge is -2.18. The van der Waals surface area contributed by atoms with E-state index < -0.39 is 0 Å². The molecule has 1 nitrogen and oxygen atoms in total. The highest BCUT2D eigenvalue weighted by Gasteiger charge is 2.14. The number of ether oxygens (including phenoxy) is 1. The summed E-state index contributed by atoms with van der Waals surface area (Å²) in [7, 11) is 0. The van der Waals surface area contributed by atoms with Crippen LogP contribution in [0.5, 0.6) is 0 Å². The second kappa shape index (κ2) is 3.48. The molecule has 1 aliphatic rings. The summed E-state index contributed by atoms with van der Waals surface area (Å²) in [4.78, 5) is 0. The second-order valence-corrected chi connectivity index (χ2v) is 4.50. The van der Waals surface area contributed by atoms with Crippen molar-refractivity contribution < 1.29 is 4.74 Å². The van der Waals surface area contributed by atoms with Gasteiger partial charge >= 0.3 is 0 Å². The van der Waals surface area contributed by atoms with Crippen LogP contribution < -0.4 is 0 Å². The van der Waals surface area contributed by atoms with Crippen molar-refractivity contribution in [2.45, 2.75) is 13.0 Å². The first-order chi connectivity index (χ1) is 5.79. The average Bonchev–Trinajstić information content (AvgIpc) is 2.12. The van der Waals surface area contributed by atoms with Crippen molar-refractivity contribution in [2.24, 2.45) is 0 Å². The lowest BCUT2D eigenvalue weighted by molar-refractivity contribution is 0.110. The molecule has 3 heteroatoms. The van der Waals surface area contributed by atoms with Gasteiger partial charge in [-0.1, -0.05) is 31.9 Å². The van der Waals surface area contributed by atoms with E-state index in [1.807, 2.05) is 0 Å². The quantitative estimate of drug-likeness (QED) is 0.713. The van der Waals surface area contributed by atoms with E-state index in [0.717, 1.165) is 24.1 Å². The number of fused-ring (bicyclic) bond motifs is 1. The highest BCUT2D eigenvalue weighted by atomic mass is 79.9. The first kappa shape index (κ1) is 8.73. The Morgan fingerprint density at radius 2 is 1.75 bits per heavy atom. The Labute approximate surface area is 88.4 Å². The van der Waals surface area contributed by atoms with Crippen LogP contribution in [-0.4, -0.2) is 6.61 Å². The van der Waals surface area contributed by atoms with Gasteiger partial charge in [0.1, 0.15) is 0 Å². The molecule has 2 rings (SSSR count). The summed E-state index contributed by atoms with van der Waals surface area (Å²) in [6, 6.07) is 4.13. The minimum atomic E-state index is 0.732. The molecule has 1 aromatic rings. The van der Waals surface area contributed by atoms with Crippen molar-refractivity contribution in [3.05, 3.63) is 32.2 Å². The Balaban J connectivity index is 2.57. The lowest BCUT2D eigenvalue weighted by Crippen LogP contribution is -2.10. The van der Waals surface area contributed by atoms with Gasteiger partial charge in [0, 0.05) is 8.95 Å². The number of hydrogen-bond donors (Lipinski definition) is 0. The molecule has 64 valence electrons. The van der Waals surface area contributed by atoms with Crippen LogP contribution in [0.15, 0.2) is 21.1 Å². The molecule has 1 aromatic carbocycles. The molecule has 1 heterocycles. The zero-order valence-electron chi connectivity index (χ0n) is 6.44. The Bertz CT molecular complexity index is 279. The number of halogens is 2. The largest absolute Gasteiger partial charge is 0.376 e. The monoisotopic (exact) mass is 290 g/mol. The van der Waals surface area contributed by atoms with Gasteiger partial charge in [-0.15, -0.1) is 0 Å². The van der Waals surface area contributed by atoms with Gasteiger partial charge in [-0.3, -0.25) is 0 Å². The highest BCUT2D eigenvalue weighted by molar-refractivity contribution is 9.11. The molecule has 0 radical (unpaired) electrons. The van der Waals surface area contributed by atoms with Crippen LogP contribution in [-0.2, 0) is 17.8 Å². The summed E-state index contributed by atoms with van der Waals surface area (Å²) < 4.78 is 7.73. The molecule has 0 atom stereocenters. The van der Waals surface area contributed by atoms with E-state index in [1.165, 1.54) is 15.6 Å². The van der Waals surface area contributed by atoms with Crippen molar-refractivity contribution in [3.8, 4) is 0 Å². The standard InChI is InChI=1S/C9H8Br2O/c10-8-1-2-9(11)7-5-12-4-3-6(7)8/h1-2H,3-5H2. The summed E-state index contributed by atoms with van der Waals surface area (Å²) in [6.45, 7) is 1.57. The normalized spacial score (nSPS) is 15.8. The Morgan fingerprint density at radius 1 is 1.08 bits per heavy atom. The molecule has 0 unspecified atom stereocenters. The number of hydrogen-bond acceptors (Lipinski definition) is 1. The van der Waals surface area contributed by atoms with E-state index in [4.69, 9.17) is 4.74 Å². The molecule has 0 bridgehead atoms. The molecule has 1 aliphatic heterocycles. The predicted octanol–water partition coefficient (Wildman–Crippen LogP) is 3.28. The van der Waals surface area contributed by atoms with Gasteiger partial charge in [-0.05, 0) is 29.7 Å². The van der Waals surface area contributed by atoms with Gasteiger partial charge in [-0.25, -0.2) is 0 Å². The number of rotatable bonds is 0. The first-order valence-corrected chi connectivity index (χ1v) is 5.41. The SMILES string of the molecule is Brc1ccc(Br)c2c1CCOC2. The van der Waals surface area contributed by atoms with E-state index in [1.54, 1.807) is 0 Å². The van der Waals surface area contributed by atoms with Crippen molar-refractivity contribution in [2.75, 3.05) is 6.61 Å².